The normalized spacial score (nSPS) is 15.2. The van der Waals surface area contributed by atoms with Crippen molar-refractivity contribution in [2.24, 2.45) is 0 Å². The Morgan fingerprint density at radius 2 is 2.03 bits per heavy atom. The van der Waals surface area contributed by atoms with Crippen LogP contribution in [0.1, 0.15) is 29.9 Å². The first-order chi connectivity index (χ1) is 15.9. The van der Waals surface area contributed by atoms with Crippen LogP contribution in [0.15, 0.2) is 53.6 Å². The largest absolute Gasteiger partial charge is 0.370 e. The van der Waals surface area contributed by atoms with Crippen molar-refractivity contribution >= 4 is 27.2 Å². The Bertz CT molecular complexity index is 1570. The zero-order valence-corrected chi connectivity index (χ0v) is 18.9. The third-order valence-electron chi connectivity index (χ3n) is 5.93. The summed E-state index contributed by atoms with van der Waals surface area (Å²) in [4.78, 5) is 24.5. The molecular formula is C24H20FN5O2S. The molecular weight excluding hydrogens is 441 g/mol. The lowest BCUT2D eigenvalue weighted by molar-refractivity contribution is -0.0379. The summed E-state index contributed by atoms with van der Waals surface area (Å²) in [7, 11) is 0. The molecule has 0 radical (unpaired) electrons. The zero-order valence-electron chi connectivity index (χ0n) is 18.1. The van der Waals surface area contributed by atoms with E-state index in [-0.39, 0.29) is 17.1 Å². The van der Waals surface area contributed by atoms with Crippen LogP contribution in [-0.2, 0) is 24.3 Å². The fourth-order valence-corrected chi connectivity index (χ4v) is 5.52. The van der Waals surface area contributed by atoms with Gasteiger partial charge in [0.2, 0.25) is 0 Å². The minimum atomic E-state index is -0.317. The molecule has 5 heterocycles. The fraction of sp³-hybridized carbons (Fsp3) is 0.250. The average Bonchev–Trinajstić information content (AvgIpc) is 3.40. The summed E-state index contributed by atoms with van der Waals surface area (Å²) in [6.45, 7) is 4.92. The molecule has 0 saturated carbocycles. The van der Waals surface area contributed by atoms with E-state index in [1.807, 2.05) is 12.1 Å². The van der Waals surface area contributed by atoms with E-state index in [1.54, 1.807) is 40.4 Å². The number of benzene rings is 1. The maximum Gasteiger partial charge on any atom is 0.352 e. The van der Waals surface area contributed by atoms with Crippen molar-refractivity contribution in [1.82, 2.24) is 24.1 Å². The number of nitrogens with zero attached hydrogens (tertiary/aromatic N) is 5. The predicted octanol–water partition coefficient (Wildman–Crippen LogP) is 4.21. The molecule has 1 aromatic carbocycles. The molecule has 166 valence electrons. The van der Waals surface area contributed by atoms with E-state index in [2.05, 4.69) is 23.9 Å². The number of thiophene rings is 1. The van der Waals surface area contributed by atoms with Crippen molar-refractivity contribution < 1.29 is 9.13 Å². The lowest BCUT2D eigenvalue weighted by Gasteiger charge is -2.30. The topological polar surface area (TPSA) is 74.3 Å². The van der Waals surface area contributed by atoms with E-state index in [9.17, 15) is 9.18 Å². The van der Waals surface area contributed by atoms with E-state index in [1.165, 1.54) is 16.6 Å². The van der Waals surface area contributed by atoms with Gasteiger partial charge in [-0.15, -0.1) is 16.4 Å². The molecule has 9 heteroatoms. The van der Waals surface area contributed by atoms with Crippen LogP contribution in [0.5, 0.6) is 0 Å². The molecule has 33 heavy (non-hydrogen) atoms. The molecule has 0 unspecified atom stereocenters. The van der Waals surface area contributed by atoms with Crippen molar-refractivity contribution in [3.63, 3.8) is 0 Å². The van der Waals surface area contributed by atoms with E-state index < -0.39 is 0 Å². The Labute approximate surface area is 192 Å². The second kappa shape index (κ2) is 7.29. The molecule has 1 aliphatic rings. The van der Waals surface area contributed by atoms with E-state index in [0.29, 0.717) is 31.0 Å². The van der Waals surface area contributed by atoms with Gasteiger partial charge >= 0.3 is 5.69 Å². The molecule has 0 bridgehead atoms. The van der Waals surface area contributed by atoms with Crippen LogP contribution in [0.4, 0.5) is 4.39 Å². The van der Waals surface area contributed by atoms with Crippen molar-refractivity contribution in [2.45, 2.75) is 39.0 Å². The van der Waals surface area contributed by atoms with Gasteiger partial charge in [-0.2, -0.15) is 4.52 Å². The summed E-state index contributed by atoms with van der Waals surface area (Å²) in [5, 5.41) is 5.49. The smallest absolute Gasteiger partial charge is 0.352 e. The quantitative estimate of drug-likeness (QED) is 0.403. The molecule has 4 aromatic heterocycles. The first kappa shape index (κ1) is 20.2. The monoisotopic (exact) mass is 461 g/mol. The number of rotatable bonds is 3. The first-order valence-electron chi connectivity index (χ1n) is 10.6. The standard InChI is InChI=1S/C24H20FN5O2S/c1-24(2)10-17-18(13-32-24)33-22-19(17)21-27-20(15-4-3-9-26-11-15)28-30(21)23(31)29(22)12-14-5-7-16(25)8-6-14/h3-9,11H,10,12-13H2,1-2H3. The molecule has 0 aliphatic carbocycles. The van der Waals surface area contributed by atoms with E-state index in [4.69, 9.17) is 9.72 Å². The highest BCUT2D eigenvalue weighted by atomic mass is 32.1. The highest BCUT2D eigenvalue weighted by Gasteiger charge is 2.32. The van der Waals surface area contributed by atoms with Crippen LogP contribution in [-0.4, -0.2) is 29.8 Å². The van der Waals surface area contributed by atoms with Gasteiger partial charge in [0.25, 0.3) is 0 Å². The van der Waals surface area contributed by atoms with Crippen LogP contribution in [0, 0.1) is 5.82 Å². The number of aromatic nitrogens is 5. The van der Waals surface area contributed by atoms with Crippen LogP contribution >= 0.6 is 11.3 Å². The minimum absolute atomic E-state index is 0.289. The second-order valence-electron chi connectivity index (χ2n) is 8.82. The molecule has 0 fully saturated rings. The summed E-state index contributed by atoms with van der Waals surface area (Å²) < 4.78 is 22.6. The molecule has 0 spiro atoms. The van der Waals surface area contributed by atoms with Crippen LogP contribution < -0.4 is 5.69 Å². The number of hydrogen-bond donors (Lipinski definition) is 0. The zero-order chi connectivity index (χ0) is 22.7. The molecule has 5 aromatic rings. The Balaban J connectivity index is 1.65. The van der Waals surface area contributed by atoms with Gasteiger partial charge in [-0.3, -0.25) is 9.55 Å². The Morgan fingerprint density at radius 3 is 2.79 bits per heavy atom. The van der Waals surface area contributed by atoms with E-state index in [0.717, 1.165) is 31.8 Å². The van der Waals surface area contributed by atoms with Crippen LogP contribution in [0.3, 0.4) is 0 Å². The predicted molar refractivity (Wildman–Crippen MR) is 124 cm³/mol. The maximum atomic E-state index is 13.6. The van der Waals surface area contributed by atoms with Crippen molar-refractivity contribution in [1.29, 1.82) is 0 Å². The molecule has 7 nitrogen and oxygen atoms in total. The van der Waals surface area contributed by atoms with Gasteiger partial charge in [-0.1, -0.05) is 12.1 Å². The SMILES string of the molecule is CC1(C)Cc2c(sc3c2c2nc(-c4cccnc4)nn2c(=O)n3Cc2ccc(F)cc2)CO1. The summed E-state index contributed by atoms with van der Waals surface area (Å²) in [6, 6.07) is 9.88. The van der Waals surface area contributed by atoms with Gasteiger partial charge in [-0.25, -0.2) is 14.2 Å². The van der Waals surface area contributed by atoms with Gasteiger partial charge in [-0.05, 0) is 49.2 Å². The second-order valence-corrected chi connectivity index (χ2v) is 9.90. The summed E-state index contributed by atoms with van der Waals surface area (Å²) >= 11 is 1.55. The molecule has 1 aliphatic heterocycles. The number of hydrogen-bond acceptors (Lipinski definition) is 6. The third kappa shape index (κ3) is 3.35. The minimum Gasteiger partial charge on any atom is -0.370 e. The third-order valence-corrected chi connectivity index (χ3v) is 7.16. The summed E-state index contributed by atoms with van der Waals surface area (Å²) in [5.74, 6) is 0.141. The summed E-state index contributed by atoms with van der Waals surface area (Å²) in [5.41, 5.74) is 2.65. The Morgan fingerprint density at radius 1 is 1.21 bits per heavy atom. The molecule has 0 amide bonds. The van der Waals surface area contributed by atoms with Gasteiger partial charge in [0.1, 0.15) is 10.6 Å². The number of pyridine rings is 1. The van der Waals surface area contributed by atoms with Crippen molar-refractivity contribution in [3.8, 4) is 11.4 Å². The highest BCUT2D eigenvalue weighted by Crippen LogP contribution is 2.40. The lowest BCUT2D eigenvalue weighted by atomic mass is 9.94. The highest BCUT2D eigenvalue weighted by molar-refractivity contribution is 7.19. The molecule has 0 atom stereocenters. The molecule has 0 N–H and O–H groups in total. The van der Waals surface area contributed by atoms with Crippen molar-refractivity contribution in [2.75, 3.05) is 0 Å². The molecule has 6 rings (SSSR count). The van der Waals surface area contributed by atoms with Crippen LogP contribution in [0.25, 0.3) is 27.3 Å². The van der Waals surface area contributed by atoms with Crippen LogP contribution in [0.2, 0.25) is 0 Å². The van der Waals surface area contributed by atoms with Gasteiger partial charge < -0.3 is 4.74 Å². The summed E-state index contributed by atoms with van der Waals surface area (Å²) in [6.07, 6.45) is 4.08. The molecule has 0 saturated heterocycles. The number of fused-ring (bicyclic) bond motifs is 5. The Hall–Kier alpha value is -3.43. The van der Waals surface area contributed by atoms with Crippen molar-refractivity contribution in [3.05, 3.63) is 81.1 Å². The first-order valence-corrected chi connectivity index (χ1v) is 11.4. The number of ether oxygens (including phenoxy) is 1. The van der Waals surface area contributed by atoms with E-state index >= 15 is 0 Å². The van der Waals surface area contributed by atoms with Gasteiger partial charge in [0.05, 0.1) is 24.1 Å². The maximum absolute atomic E-state index is 13.6. The average molecular weight is 462 g/mol. The number of halogens is 1. The van der Waals surface area contributed by atoms with Gasteiger partial charge in [0.15, 0.2) is 11.5 Å². The Kier molecular flexibility index (Phi) is 4.46. The fourth-order valence-electron chi connectivity index (χ4n) is 4.30. The van der Waals surface area contributed by atoms with Gasteiger partial charge in [0, 0.05) is 29.3 Å². The lowest BCUT2D eigenvalue weighted by Crippen LogP contribution is -2.31.